The Morgan fingerprint density at radius 2 is 1.64 bits per heavy atom. The third-order valence-corrected chi connectivity index (χ3v) is 3.70. The number of hydrogen-bond acceptors (Lipinski definition) is 2. The van der Waals surface area contributed by atoms with Crippen molar-refractivity contribution in [2.75, 3.05) is 6.54 Å². The normalized spacial score (nSPS) is 12.2. The van der Waals surface area contributed by atoms with E-state index in [-0.39, 0.29) is 11.2 Å². The molecule has 0 aliphatic rings. The highest BCUT2D eigenvalue weighted by Gasteiger charge is 2.34. The fraction of sp³-hybridized carbons (Fsp3) is 0.400. The monoisotopic (exact) mass is 351 g/mol. The van der Waals surface area contributed by atoms with E-state index in [2.05, 4.69) is 26.1 Å². The highest BCUT2D eigenvalue weighted by molar-refractivity contribution is 5.42. The minimum absolute atomic E-state index is 0.183. The summed E-state index contributed by atoms with van der Waals surface area (Å²) in [5.74, 6) is 0.196. The van der Waals surface area contributed by atoms with Crippen LogP contribution in [-0.4, -0.2) is 6.54 Å². The minimum Gasteiger partial charge on any atom is -0.457 e. The van der Waals surface area contributed by atoms with Gasteiger partial charge in [-0.05, 0) is 48.2 Å². The van der Waals surface area contributed by atoms with Crippen LogP contribution in [0.25, 0.3) is 0 Å². The highest BCUT2D eigenvalue weighted by Crippen LogP contribution is 2.38. The van der Waals surface area contributed by atoms with Gasteiger partial charge in [-0.1, -0.05) is 45.0 Å². The molecule has 25 heavy (non-hydrogen) atoms. The number of nitrogens with one attached hydrogen (secondary N) is 1. The minimum atomic E-state index is -4.47. The van der Waals surface area contributed by atoms with Crippen molar-refractivity contribution in [3.63, 3.8) is 0 Å². The number of alkyl halides is 3. The molecular weight excluding hydrogens is 327 g/mol. The predicted molar refractivity (Wildman–Crippen MR) is 93.7 cm³/mol. The van der Waals surface area contributed by atoms with Gasteiger partial charge < -0.3 is 10.1 Å². The first-order valence-corrected chi connectivity index (χ1v) is 8.29. The van der Waals surface area contributed by atoms with Gasteiger partial charge in [0.05, 0.1) is 5.56 Å². The zero-order chi connectivity index (χ0) is 18.5. The van der Waals surface area contributed by atoms with Crippen LogP contribution in [0.4, 0.5) is 13.2 Å². The summed E-state index contributed by atoms with van der Waals surface area (Å²) < 4.78 is 45.5. The van der Waals surface area contributed by atoms with Crippen LogP contribution in [0.15, 0.2) is 48.5 Å². The molecule has 0 saturated heterocycles. The lowest BCUT2D eigenvalue weighted by molar-refractivity contribution is -0.138. The third-order valence-electron chi connectivity index (χ3n) is 3.70. The SMILES string of the molecule is CC(C)(C)CCNCc1ccc(Oc2ccccc2)c(C(F)(F)F)c1. The zero-order valence-corrected chi connectivity index (χ0v) is 14.8. The van der Waals surface area contributed by atoms with Gasteiger partial charge >= 0.3 is 6.18 Å². The van der Waals surface area contributed by atoms with E-state index in [9.17, 15) is 13.2 Å². The second-order valence-corrected chi connectivity index (χ2v) is 7.23. The molecule has 0 saturated carbocycles. The van der Waals surface area contributed by atoms with E-state index in [1.54, 1.807) is 36.4 Å². The Labute approximate surface area is 147 Å². The molecule has 2 aromatic carbocycles. The van der Waals surface area contributed by atoms with Gasteiger partial charge in [0.25, 0.3) is 0 Å². The van der Waals surface area contributed by atoms with Crippen LogP contribution in [0, 0.1) is 5.41 Å². The fourth-order valence-corrected chi connectivity index (χ4v) is 2.31. The summed E-state index contributed by atoms with van der Waals surface area (Å²) in [4.78, 5) is 0. The van der Waals surface area contributed by atoms with Crippen molar-refractivity contribution in [2.45, 2.75) is 39.9 Å². The van der Waals surface area contributed by atoms with Crippen LogP contribution in [-0.2, 0) is 12.7 Å². The number of rotatable bonds is 6. The average Bonchev–Trinajstić information content (AvgIpc) is 2.52. The van der Waals surface area contributed by atoms with E-state index in [0.29, 0.717) is 17.9 Å². The van der Waals surface area contributed by atoms with Crippen molar-refractivity contribution >= 4 is 0 Å². The Morgan fingerprint density at radius 1 is 0.960 bits per heavy atom. The topological polar surface area (TPSA) is 21.3 Å². The molecule has 0 fully saturated rings. The summed E-state index contributed by atoms with van der Waals surface area (Å²) >= 11 is 0. The lowest BCUT2D eigenvalue weighted by Crippen LogP contribution is -2.20. The number of hydrogen-bond donors (Lipinski definition) is 1. The lowest BCUT2D eigenvalue weighted by Gasteiger charge is -2.18. The first-order valence-electron chi connectivity index (χ1n) is 8.29. The van der Waals surface area contributed by atoms with Gasteiger partial charge in [-0.15, -0.1) is 0 Å². The van der Waals surface area contributed by atoms with Crippen molar-refractivity contribution < 1.29 is 17.9 Å². The first-order chi connectivity index (χ1) is 11.6. The number of benzene rings is 2. The number of halogens is 3. The smallest absolute Gasteiger partial charge is 0.419 e. The molecule has 0 aromatic heterocycles. The van der Waals surface area contributed by atoms with E-state index in [1.165, 1.54) is 6.07 Å². The van der Waals surface area contributed by atoms with Crippen molar-refractivity contribution in [3.05, 3.63) is 59.7 Å². The maximum absolute atomic E-state index is 13.4. The molecule has 2 rings (SSSR count). The fourth-order valence-electron chi connectivity index (χ4n) is 2.31. The van der Waals surface area contributed by atoms with Gasteiger partial charge in [-0.2, -0.15) is 13.2 Å². The number of para-hydroxylation sites is 1. The summed E-state index contributed by atoms with van der Waals surface area (Å²) in [6.45, 7) is 7.54. The Hall–Kier alpha value is -2.01. The Balaban J connectivity index is 2.11. The van der Waals surface area contributed by atoms with Crippen LogP contribution >= 0.6 is 0 Å². The molecule has 0 aliphatic heterocycles. The second-order valence-electron chi connectivity index (χ2n) is 7.23. The summed E-state index contributed by atoms with van der Waals surface area (Å²) in [6.07, 6.45) is -3.51. The maximum Gasteiger partial charge on any atom is 0.419 e. The molecule has 1 N–H and O–H groups in total. The zero-order valence-electron chi connectivity index (χ0n) is 14.8. The van der Waals surface area contributed by atoms with E-state index in [0.717, 1.165) is 19.0 Å². The van der Waals surface area contributed by atoms with Crippen LogP contribution in [0.2, 0.25) is 0 Å². The molecule has 0 atom stereocenters. The molecule has 0 amide bonds. The summed E-state index contributed by atoms with van der Waals surface area (Å²) in [7, 11) is 0. The van der Waals surface area contributed by atoms with E-state index < -0.39 is 11.7 Å². The van der Waals surface area contributed by atoms with Crippen LogP contribution in [0.3, 0.4) is 0 Å². The highest BCUT2D eigenvalue weighted by atomic mass is 19.4. The molecule has 5 heteroatoms. The quantitative estimate of drug-likeness (QED) is 0.642. The number of ether oxygens (including phenoxy) is 1. The summed E-state index contributed by atoms with van der Waals surface area (Å²) in [6, 6.07) is 12.7. The van der Waals surface area contributed by atoms with Gasteiger partial charge in [-0.25, -0.2) is 0 Å². The largest absolute Gasteiger partial charge is 0.457 e. The van der Waals surface area contributed by atoms with Crippen molar-refractivity contribution in [3.8, 4) is 11.5 Å². The van der Waals surface area contributed by atoms with Gasteiger partial charge in [0, 0.05) is 6.54 Å². The molecule has 0 spiro atoms. The molecule has 2 aromatic rings. The molecular formula is C20H24F3NO. The van der Waals surface area contributed by atoms with E-state index in [4.69, 9.17) is 4.74 Å². The van der Waals surface area contributed by atoms with Gasteiger partial charge in [-0.3, -0.25) is 0 Å². The van der Waals surface area contributed by atoms with Gasteiger partial charge in [0.2, 0.25) is 0 Å². The summed E-state index contributed by atoms with van der Waals surface area (Å²) in [5, 5.41) is 3.20. The molecule has 0 aliphatic carbocycles. The standard InChI is InChI=1S/C20H24F3NO/c1-19(2,3)11-12-24-14-15-9-10-18(17(13-15)20(21,22)23)25-16-7-5-4-6-8-16/h4-10,13,24H,11-12,14H2,1-3H3. The Morgan fingerprint density at radius 3 is 2.24 bits per heavy atom. The first kappa shape index (κ1) is 19.3. The lowest BCUT2D eigenvalue weighted by atomic mass is 9.92. The van der Waals surface area contributed by atoms with Crippen LogP contribution in [0.1, 0.15) is 38.3 Å². The average molecular weight is 351 g/mol. The molecule has 2 nitrogen and oxygen atoms in total. The van der Waals surface area contributed by atoms with Crippen LogP contribution < -0.4 is 10.1 Å². The van der Waals surface area contributed by atoms with Crippen molar-refractivity contribution in [1.82, 2.24) is 5.32 Å². The molecule has 0 heterocycles. The third kappa shape index (κ3) is 6.42. The second kappa shape index (κ2) is 7.91. The van der Waals surface area contributed by atoms with Crippen molar-refractivity contribution in [1.29, 1.82) is 0 Å². The molecule has 0 bridgehead atoms. The van der Waals surface area contributed by atoms with E-state index >= 15 is 0 Å². The molecule has 136 valence electrons. The predicted octanol–water partition coefficient (Wildman–Crippen LogP) is 6.02. The molecule has 0 radical (unpaired) electrons. The Kier molecular flexibility index (Phi) is 6.11. The molecule has 0 unspecified atom stereocenters. The van der Waals surface area contributed by atoms with Gasteiger partial charge in [0.15, 0.2) is 0 Å². The van der Waals surface area contributed by atoms with E-state index in [1.807, 2.05) is 0 Å². The Bertz CT molecular complexity index is 676. The summed E-state index contributed by atoms with van der Waals surface area (Å²) in [5.41, 5.74) is 0.0189. The van der Waals surface area contributed by atoms with Crippen molar-refractivity contribution in [2.24, 2.45) is 5.41 Å². The maximum atomic E-state index is 13.4. The van der Waals surface area contributed by atoms with Gasteiger partial charge in [0.1, 0.15) is 11.5 Å². The van der Waals surface area contributed by atoms with Crippen LogP contribution in [0.5, 0.6) is 11.5 Å².